The number of esters is 1. The van der Waals surface area contributed by atoms with Crippen LogP contribution in [-0.4, -0.2) is 58.0 Å². The fraction of sp³-hybridized carbons (Fsp3) is 0.647. The highest BCUT2D eigenvalue weighted by Crippen LogP contribution is 2.22. The van der Waals surface area contributed by atoms with Gasteiger partial charge in [0.1, 0.15) is 5.76 Å². The molecule has 144 valence electrons. The normalized spacial score (nSPS) is 19.9. The van der Waals surface area contributed by atoms with Crippen LogP contribution >= 0.6 is 11.8 Å². The van der Waals surface area contributed by atoms with Crippen molar-refractivity contribution in [1.29, 1.82) is 0 Å². The van der Waals surface area contributed by atoms with Crippen LogP contribution in [0.3, 0.4) is 0 Å². The van der Waals surface area contributed by atoms with E-state index in [1.54, 1.807) is 17.9 Å². The molecule has 1 aliphatic heterocycles. The van der Waals surface area contributed by atoms with E-state index in [0.29, 0.717) is 11.6 Å². The second kappa shape index (κ2) is 9.61. The highest BCUT2D eigenvalue weighted by atomic mass is 32.2. The maximum absolute atomic E-state index is 12.3. The van der Waals surface area contributed by atoms with Gasteiger partial charge in [-0.15, -0.1) is 11.8 Å². The van der Waals surface area contributed by atoms with Crippen LogP contribution in [0.25, 0.3) is 0 Å². The molecule has 2 rings (SSSR count). The van der Waals surface area contributed by atoms with E-state index >= 15 is 0 Å². The number of hydrogen-bond acceptors (Lipinski definition) is 7. The number of carbonyl (C=O) groups is 3. The summed E-state index contributed by atoms with van der Waals surface area (Å²) in [5, 5.41) is 6.22. The number of carbonyl (C=O) groups excluding carboxylic acids is 3. The Bertz CT molecular complexity index is 638. The second-order valence-corrected chi connectivity index (χ2v) is 7.44. The summed E-state index contributed by atoms with van der Waals surface area (Å²) in [7, 11) is 0. The number of likely N-dealkylation sites (tertiary alicyclic amines) is 1. The SMILES string of the molecule is Cc1cc(NC(=O)CSCC(=O)OCC(=O)N2[C@H](C)CCC[C@@H]2C)no1. The summed E-state index contributed by atoms with van der Waals surface area (Å²) < 4.78 is 9.89. The maximum atomic E-state index is 12.3. The van der Waals surface area contributed by atoms with E-state index in [1.807, 2.05) is 13.8 Å². The van der Waals surface area contributed by atoms with E-state index in [9.17, 15) is 14.4 Å². The molecule has 1 aliphatic rings. The van der Waals surface area contributed by atoms with Crippen molar-refractivity contribution < 1.29 is 23.6 Å². The number of ether oxygens (including phenoxy) is 1. The molecule has 1 aromatic heterocycles. The van der Waals surface area contributed by atoms with Crippen molar-refractivity contribution in [3.63, 3.8) is 0 Å². The fourth-order valence-corrected chi connectivity index (χ4v) is 3.61. The molecule has 0 bridgehead atoms. The Balaban J connectivity index is 1.64. The standard InChI is InChI=1S/C17H25N3O5S/c1-11-5-4-6-12(2)20(11)16(22)8-24-17(23)10-26-9-15(21)18-14-7-13(3)25-19-14/h7,11-12H,4-6,8-10H2,1-3H3,(H,18,19,21)/t11-,12+. The van der Waals surface area contributed by atoms with E-state index < -0.39 is 5.97 Å². The number of hydrogen-bond donors (Lipinski definition) is 1. The number of rotatable bonds is 7. The van der Waals surface area contributed by atoms with E-state index in [-0.39, 0.29) is 42.0 Å². The second-order valence-electron chi connectivity index (χ2n) is 6.45. The van der Waals surface area contributed by atoms with E-state index in [1.165, 1.54) is 0 Å². The third-order valence-electron chi connectivity index (χ3n) is 4.19. The van der Waals surface area contributed by atoms with Gasteiger partial charge in [-0.1, -0.05) is 5.16 Å². The third-order valence-corrected chi connectivity index (χ3v) is 5.09. The molecule has 0 saturated carbocycles. The predicted octanol–water partition coefficient (Wildman–Crippen LogP) is 1.99. The molecule has 8 nitrogen and oxygen atoms in total. The van der Waals surface area contributed by atoms with Crippen molar-refractivity contribution in [2.75, 3.05) is 23.4 Å². The van der Waals surface area contributed by atoms with Gasteiger partial charge in [0.25, 0.3) is 5.91 Å². The quantitative estimate of drug-likeness (QED) is 0.718. The number of aromatic nitrogens is 1. The molecule has 0 aromatic carbocycles. The van der Waals surface area contributed by atoms with Crippen molar-refractivity contribution in [2.45, 2.75) is 52.1 Å². The highest BCUT2D eigenvalue weighted by Gasteiger charge is 2.29. The topological polar surface area (TPSA) is 102 Å². The first-order valence-corrected chi connectivity index (χ1v) is 9.80. The first-order valence-electron chi connectivity index (χ1n) is 8.64. The summed E-state index contributed by atoms with van der Waals surface area (Å²) >= 11 is 1.11. The van der Waals surface area contributed by atoms with Crippen molar-refractivity contribution in [3.8, 4) is 0 Å². The fourth-order valence-electron chi connectivity index (χ4n) is 3.00. The molecule has 1 N–H and O–H groups in total. The lowest BCUT2D eigenvalue weighted by atomic mass is 9.97. The molecule has 2 atom stereocenters. The Hall–Kier alpha value is -2.03. The highest BCUT2D eigenvalue weighted by molar-refractivity contribution is 8.00. The molecular formula is C17H25N3O5S. The zero-order valence-electron chi connectivity index (χ0n) is 15.3. The largest absolute Gasteiger partial charge is 0.455 e. The lowest BCUT2D eigenvalue weighted by molar-refractivity contribution is -0.153. The van der Waals surface area contributed by atoms with Crippen LogP contribution in [0, 0.1) is 6.92 Å². The Kier molecular flexibility index (Phi) is 7.50. The lowest BCUT2D eigenvalue weighted by Crippen LogP contribution is -2.49. The van der Waals surface area contributed by atoms with E-state index in [4.69, 9.17) is 9.26 Å². The van der Waals surface area contributed by atoms with Crippen LogP contribution < -0.4 is 5.32 Å². The van der Waals surface area contributed by atoms with E-state index in [2.05, 4.69) is 10.5 Å². The average Bonchev–Trinajstić information content (AvgIpc) is 2.97. The van der Waals surface area contributed by atoms with Gasteiger partial charge in [0.15, 0.2) is 12.4 Å². The van der Waals surface area contributed by atoms with Crippen LogP contribution in [0.2, 0.25) is 0 Å². The Morgan fingerprint density at radius 2 is 2.00 bits per heavy atom. The molecule has 1 saturated heterocycles. The Morgan fingerprint density at radius 3 is 2.62 bits per heavy atom. The molecule has 0 spiro atoms. The first kappa shape index (κ1) is 20.3. The molecule has 0 unspecified atom stereocenters. The summed E-state index contributed by atoms with van der Waals surface area (Å²) in [4.78, 5) is 37.6. The van der Waals surface area contributed by atoms with Crippen molar-refractivity contribution in [2.24, 2.45) is 0 Å². The van der Waals surface area contributed by atoms with Gasteiger partial charge in [0.2, 0.25) is 5.91 Å². The van der Waals surface area contributed by atoms with Gasteiger partial charge in [-0.3, -0.25) is 14.4 Å². The van der Waals surface area contributed by atoms with Gasteiger partial charge in [-0.2, -0.15) is 0 Å². The van der Waals surface area contributed by atoms with Gasteiger partial charge in [0, 0.05) is 18.2 Å². The molecule has 2 amide bonds. The molecule has 0 radical (unpaired) electrons. The number of nitrogens with zero attached hydrogens (tertiary/aromatic N) is 2. The number of amides is 2. The van der Waals surface area contributed by atoms with Gasteiger partial charge in [0.05, 0.1) is 11.5 Å². The summed E-state index contributed by atoms with van der Waals surface area (Å²) in [6, 6.07) is 1.94. The number of anilines is 1. The van der Waals surface area contributed by atoms with E-state index in [0.717, 1.165) is 31.0 Å². The minimum absolute atomic E-state index is 0.00362. The first-order chi connectivity index (χ1) is 12.4. The van der Waals surface area contributed by atoms with Crippen molar-refractivity contribution in [1.82, 2.24) is 10.1 Å². The van der Waals surface area contributed by atoms with Crippen LogP contribution in [0.4, 0.5) is 5.82 Å². The maximum Gasteiger partial charge on any atom is 0.316 e. The number of aryl methyl sites for hydroxylation is 1. The van der Waals surface area contributed by atoms with Gasteiger partial charge in [-0.25, -0.2) is 0 Å². The van der Waals surface area contributed by atoms with Crippen molar-refractivity contribution in [3.05, 3.63) is 11.8 Å². The van der Waals surface area contributed by atoms with Gasteiger partial charge < -0.3 is 19.5 Å². The average molecular weight is 383 g/mol. The Morgan fingerprint density at radius 1 is 1.31 bits per heavy atom. The third kappa shape index (κ3) is 6.05. The molecule has 26 heavy (non-hydrogen) atoms. The predicted molar refractivity (Wildman–Crippen MR) is 97.8 cm³/mol. The van der Waals surface area contributed by atoms with Crippen LogP contribution in [0.15, 0.2) is 10.6 Å². The smallest absolute Gasteiger partial charge is 0.316 e. The van der Waals surface area contributed by atoms with Gasteiger partial charge >= 0.3 is 5.97 Å². The molecule has 0 aliphatic carbocycles. The number of nitrogens with one attached hydrogen (secondary N) is 1. The summed E-state index contributed by atoms with van der Waals surface area (Å²) in [5.74, 6) is 0.0550. The van der Waals surface area contributed by atoms with Gasteiger partial charge in [-0.05, 0) is 40.0 Å². The monoisotopic (exact) mass is 383 g/mol. The molecule has 1 fully saturated rings. The molecular weight excluding hydrogens is 358 g/mol. The summed E-state index contributed by atoms with van der Waals surface area (Å²) in [6.45, 7) is 5.50. The van der Waals surface area contributed by atoms with Crippen LogP contribution in [0.5, 0.6) is 0 Å². The summed E-state index contributed by atoms with van der Waals surface area (Å²) in [5.41, 5.74) is 0. The number of piperidine rings is 1. The zero-order chi connectivity index (χ0) is 19.1. The minimum Gasteiger partial charge on any atom is -0.455 e. The van der Waals surface area contributed by atoms with Crippen LogP contribution in [-0.2, 0) is 19.1 Å². The van der Waals surface area contributed by atoms with Crippen molar-refractivity contribution >= 4 is 35.4 Å². The zero-order valence-corrected chi connectivity index (χ0v) is 16.1. The lowest BCUT2D eigenvalue weighted by Gasteiger charge is -2.38. The minimum atomic E-state index is -0.509. The number of thioether (sulfide) groups is 1. The Labute approximate surface area is 157 Å². The molecule has 9 heteroatoms. The molecule has 2 heterocycles. The summed E-state index contributed by atoms with van der Waals surface area (Å²) in [6.07, 6.45) is 3.05. The molecule has 1 aromatic rings. The van der Waals surface area contributed by atoms with Crippen LogP contribution in [0.1, 0.15) is 38.9 Å².